The van der Waals surface area contributed by atoms with Gasteiger partial charge in [0.15, 0.2) is 0 Å². The SMILES string of the molecule is N#Cc1cccc(-c2cc(-n3c4ccccc4c4cc5c6ccccc6n(-c6ccccc6)c5cc43)ncc2-n2c3ccccc3c3cc4c(cc32)[nH]c2ccccc24)c1. The molecule has 0 aliphatic rings. The number of H-pyrrole nitrogens is 1. The van der Waals surface area contributed by atoms with E-state index < -0.39 is 0 Å². The Morgan fingerprint density at radius 2 is 1.00 bits per heavy atom. The second-order valence-electron chi connectivity index (χ2n) is 15.6. The van der Waals surface area contributed by atoms with Crippen LogP contribution in [0.3, 0.4) is 0 Å². The summed E-state index contributed by atoms with van der Waals surface area (Å²) in [4.78, 5) is 9.06. The Morgan fingerprint density at radius 1 is 0.417 bits per heavy atom. The maximum Gasteiger partial charge on any atom is 0.138 e. The number of rotatable bonds is 4. The summed E-state index contributed by atoms with van der Waals surface area (Å²) in [5.74, 6) is 0.794. The third-order valence-corrected chi connectivity index (χ3v) is 12.4. The molecule has 0 atom stereocenters. The first kappa shape index (κ1) is 32.7. The molecule has 0 radical (unpaired) electrons. The fourth-order valence-electron chi connectivity index (χ4n) is 9.83. The van der Waals surface area contributed by atoms with Crippen molar-refractivity contribution in [3.05, 3.63) is 194 Å². The van der Waals surface area contributed by atoms with Gasteiger partial charge >= 0.3 is 0 Å². The molecule has 13 rings (SSSR count). The first-order chi connectivity index (χ1) is 29.7. The zero-order valence-electron chi connectivity index (χ0n) is 32.1. The van der Waals surface area contributed by atoms with E-state index in [1.54, 1.807) is 0 Å². The summed E-state index contributed by atoms with van der Waals surface area (Å²) in [6.45, 7) is 0. The lowest BCUT2D eigenvalue weighted by molar-refractivity contribution is 1.06. The van der Waals surface area contributed by atoms with Crippen LogP contribution >= 0.6 is 0 Å². The van der Waals surface area contributed by atoms with E-state index in [-0.39, 0.29) is 0 Å². The summed E-state index contributed by atoms with van der Waals surface area (Å²) in [7, 11) is 0. The smallest absolute Gasteiger partial charge is 0.138 e. The Labute approximate surface area is 343 Å². The molecular formula is C54H32N6. The number of para-hydroxylation sites is 5. The first-order valence-electron chi connectivity index (χ1n) is 20.2. The quantitative estimate of drug-likeness (QED) is 0.194. The molecule has 0 unspecified atom stereocenters. The molecule has 6 heteroatoms. The van der Waals surface area contributed by atoms with Crippen molar-refractivity contribution in [2.24, 2.45) is 0 Å². The summed E-state index contributed by atoms with van der Waals surface area (Å²) >= 11 is 0. The summed E-state index contributed by atoms with van der Waals surface area (Å²) in [5, 5.41) is 19.6. The molecule has 0 aliphatic heterocycles. The summed E-state index contributed by atoms with van der Waals surface area (Å²) in [6.07, 6.45) is 2.02. The lowest BCUT2D eigenvalue weighted by Gasteiger charge is -2.17. The number of nitrogens with one attached hydrogen (secondary N) is 1. The monoisotopic (exact) mass is 764 g/mol. The van der Waals surface area contributed by atoms with Crippen LogP contribution in [-0.2, 0) is 0 Å². The van der Waals surface area contributed by atoms with E-state index >= 15 is 0 Å². The highest BCUT2D eigenvalue weighted by Gasteiger charge is 2.22. The molecule has 8 aromatic carbocycles. The summed E-state index contributed by atoms with van der Waals surface area (Å²) in [6, 6.07) is 66.8. The average Bonchev–Trinajstić information content (AvgIpc) is 4.03. The van der Waals surface area contributed by atoms with E-state index in [4.69, 9.17) is 4.98 Å². The van der Waals surface area contributed by atoms with E-state index in [9.17, 15) is 5.26 Å². The van der Waals surface area contributed by atoms with Crippen LogP contribution in [0.1, 0.15) is 5.56 Å². The predicted molar refractivity (Wildman–Crippen MR) is 247 cm³/mol. The van der Waals surface area contributed by atoms with Crippen molar-refractivity contribution in [2.45, 2.75) is 0 Å². The van der Waals surface area contributed by atoms with Crippen molar-refractivity contribution in [3.63, 3.8) is 0 Å². The summed E-state index contributed by atoms with van der Waals surface area (Å²) in [5.41, 5.74) is 13.4. The van der Waals surface area contributed by atoms with Gasteiger partial charge in [-0.25, -0.2) is 4.98 Å². The Bertz CT molecular complexity index is 3960. The van der Waals surface area contributed by atoms with Crippen LogP contribution in [0.25, 0.3) is 116 Å². The lowest BCUT2D eigenvalue weighted by Crippen LogP contribution is -2.03. The molecule has 0 saturated carbocycles. The van der Waals surface area contributed by atoms with E-state index in [1.165, 1.54) is 37.8 Å². The van der Waals surface area contributed by atoms with Crippen LogP contribution < -0.4 is 0 Å². The van der Waals surface area contributed by atoms with Gasteiger partial charge in [-0.1, -0.05) is 103 Å². The number of aromatic amines is 1. The Balaban J connectivity index is 1.13. The van der Waals surface area contributed by atoms with Crippen molar-refractivity contribution in [1.82, 2.24) is 23.7 Å². The molecule has 6 nitrogen and oxygen atoms in total. The third kappa shape index (κ3) is 4.54. The number of hydrogen-bond donors (Lipinski definition) is 1. The minimum Gasteiger partial charge on any atom is -0.354 e. The number of hydrogen-bond acceptors (Lipinski definition) is 2. The average molecular weight is 765 g/mol. The molecule has 0 fully saturated rings. The van der Waals surface area contributed by atoms with Gasteiger partial charge in [0.05, 0.1) is 56.6 Å². The van der Waals surface area contributed by atoms with Crippen molar-refractivity contribution in [1.29, 1.82) is 5.26 Å². The van der Waals surface area contributed by atoms with E-state index in [2.05, 4.69) is 189 Å². The molecular weight excluding hydrogens is 733 g/mol. The van der Waals surface area contributed by atoms with Crippen molar-refractivity contribution in [2.75, 3.05) is 0 Å². The Morgan fingerprint density at radius 3 is 1.72 bits per heavy atom. The highest BCUT2D eigenvalue weighted by Crippen LogP contribution is 2.42. The molecule has 278 valence electrons. The normalized spacial score (nSPS) is 12.0. The third-order valence-electron chi connectivity index (χ3n) is 12.4. The standard InChI is InChI=1S/C54H32N6/c55-31-33-13-12-14-34(25-33)40-28-54(56-32-53(40)59-48-23-10-6-19-38(48)42-26-41-36-17-4-8-21-45(36)57-46(41)29-50(42)59)60-49-24-11-7-20-39(49)44-27-43-37-18-5-9-22-47(37)58(51(43)30-52(44)60)35-15-2-1-3-16-35/h1-30,32,57H. The second-order valence-corrected chi connectivity index (χ2v) is 15.6. The Hall–Kier alpha value is -8.40. The van der Waals surface area contributed by atoms with Gasteiger partial charge < -0.3 is 14.1 Å². The maximum atomic E-state index is 10.1. The molecule has 0 aliphatic carbocycles. The van der Waals surface area contributed by atoms with Crippen LogP contribution in [0.2, 0.25) is 0 Å². The maximum absolute atomic E-state index is 10.1. The van der Waals surface area contributed by atoms with Crippen molar-refractivity contribution < 1.29 is 0 Å². The summed E-state index contributed by atoms with van der Waals surface area (Å²) < 4.78 is 7.01. The van der Waals surface area contributed by atoms with Crippen LogP contribution in [0.4, 0.5) is 0 Å². The predicted octanol–water partition coefficient (Wildman–Crippen LogP) is 13.5. The van der Waals surface area contributed by atoms with E-state index in [1.807, 2.05) is 24.4 Å². The Kier molecular flexibility index (Phi) is 6.70. The van der Waals surface area contributed by atoms with E-state index in [0.29, 0.717) is 5.56 Å². The van der Waals surface area contributed by atoms with Gasteiger partial charge in [-0.3, -0.25) is 4.57 Å². The topological polar surface area (TPSA) is 67.3 Å². The fourth-order valence-corrected chi connectivity index (χ4v) is 9.83. The van der Waals surface area contributed by atoms with Crippen LogP contribution in [0.5, 0.6) is 0 Å². The first-order valence-corrected chi connectivity index (χ1v) is 20.2. The van der Waals surface area contributed by atoms with E-state index in [0.717, 1.165) is 77.7 Å². The molecule has 13 aromatic rings. The van der Waals surface area contributed by atoms with Gasteiger partial charge in [0, 0.05) is 65.4 Å². The molecule has 0 bridgehead atoms. The highest BCUT2D eigenvalue weighted by molar-refractivity contribution is 6.20. The van der Waals surface area contributed by atoms with Gasteiger partial charge in [-0.05, 0) is 84.4 Å². The number of pyridine rings is 1. The zero-order valence-corrected chi connectivity index (χ0v) is 32.1. The van der Waals surface area contributed by atoms with Gasteiger partial charge in [0.2, 0.25) is 0 Å². The lowest BCUT2D eigenvalue weighted by atomic mass is 10.0. The largest absolute Gasteiger partial charge is 0.354 e. The van der Waals surface area contributed by atoms with Crippen LogP contribution in [0.15, 0.2) is 188 Å². The van der Waals surface area contributed by atoms with Crippen LogP contribution in [-0.4, -0.2) is 23.7 Å². The second kappa shape index (κ2) is 12.3. The number of fused-ring (bicyclic) bond motifs is 12. The molecule has 0 amide bonds. The van der Waals surface area contributed by atoms with Crippen molar-refractivity contribution in [3.8, 4) is 34.4 Å². The molecule has 5 aromatic heterocycles. The number of benzene rings is 8. The molecule has 0 saturated heterocycles. The minimum absolute atomic E-state index is 0.604. The molecule has 1 N–H and O–H groups in total. The van der Waals surface area contributed by atoms with Gasteiger partial charge in [-0.2, -0.15) is 5.26 Å². The van der Waals surface area contributed by atoms with Crippen LogP contribution in [0, 0.1) is 11.3 Å². The highest BCUT2D eigenvalue weighted by atomic mass is 15.1. The number of nitriles is 1. The number of nitrogens with zero attached hydrogens (tertiary/aromatic N) is 5. The van der Waals surface area contributed by atoms with Crippen molar-refractivity contribution >= 4 is 87.2 Å². The van der Waals surface area contributed by atoms with Gasteiger partial charge in [0.1, 0.15) is 5.82 Å². The number of aromatic nitrogens is 5. The van der Waals surface area contributed by atoms with Gasteiger partial charge in [0.25, 0.3) is 0 Å². The molecule has 5 heterocycles. The minimum atomic E-state index is 0.604. The van der Waals surface area contributed by atoms with Gasteiger partial charge in [-0.15, -0.1) is 0 Å². The fraction of sp³-hybridized carbons (Fsp3) is 0. The molecule has 60 heavy (non-hydrogen) atoms. The zero-order chi connectivity index (χ0) is 39.5. The molecule has 0 spiro atoms.